The molecule has 1 aromatic rings. The smallest absolute Gasteiger partial charge is 0.335 e. The van der Waals surface area contributed by atoms with E-state index in [-0.39, 0.29) is 16.6 Å². The van der Waals surface area contributed by atoms with Gasteiger partial charge in [-0.25, -0.2) is 9.59 Å². The number of nitrogens with zero attached hydrogens (tertiary/aromatic N) is 2. The third kappa shape index (κ3) is 3.65. The quantitative estimate of drug-likeness (QED) is 0.897. The molecule has 2 amide bonds. The van der Waals surface area contributed by atoms with Crippen molar-refractivity contribution in [3.05, 3.63) is 28.8 Å². The van der Waals surface area contributed by atoms with E-state index in [4.69, 9.17) is 16.7 Å². The predicted octanol–water partition coefficient (Wildman–Crippen LogP) is 2.21. The van der Waals surface area contributed by atoms with Gasteiger partial charge in [-0.2, -0.15) is 0 Å². The van der Waals surface area contributed by atoms with E-state index in [2.05, 4.69) is 10.2 Å². The summed E-state index contributed by atoms with van der Waals surface area (Å²) in [6, 6.07) is 4.39. The van der Waals surface area contributed by atoms with Crippen molar-refractivity contribution in [3.8, 4) is 0 Å². The number of benzene rings is 1. The lowest BCUT2D eigenvalue weighted by Crippen LogP contribution is -2.36. The van der Waals surface area contributed by atoms with Crippen LogP contribution in [0, 0.1) is 0 Å². The molecule has 0 bridgehead atoms. The van der Waals surface area contributed by atoms with Crippen molar-refractivity contribution in [3.63, 3.8) is 0 Å². The Kier molecular flexibility index (Phi) is 4.69. The molecule has 0 saturated carbocycles. The Balaban J connectivity index is 2.02. The van der Waals surface area contributed by atoms with Gasteiger partial charge in [0.25, 0.3) is 0 Å². The molecule has 0 spiro atoms. The molecule has 0 radical (unpaired) electrons. The average Bonchev–Trinajstić information content (AvgIpc) is 2.90. The minimum atomic E-state index is -1.05. The Bertz CT molecular complexity index is 562. The van der Waals surface area contributed by atoms with Gasteiger partial charge >= 0.3 is 12.0 Å². The van der Waals surface area contributed by atoms with E-state index in [0.717, 1.165) is 6.42 Å². The summed E-state index contributed by atoms with van der Waals surface area (Å²) in [5.74, 6) is -1.05. The number of carbonyl (C=O) groups excluding carboxylic acids is 1. The Morgan fingerprint density at radius 1 is 1.43 bits per heavy atom. The monoisotopic (exact) mass is 311 g/mol. The largest absolute Gasteiger partial charge is 0.478 e. The molecule has 6 nitrogen and oxygen atoms in total. The molecule has 0 aliphatic carbocycles. The predicted molar refractivity (Wildman–Crippen MR) is 81.1 cm³/mol. The molecule has 2 N–H and O–H groups in total. The van der Waals surface area contributed by atoms with Gasteiger partial charge in [-0.15, -0.1) is 0 Å². The highest BCUT2D eigenvalue weighted by molar-refractivity contribution is 6.34. The Hall–Kier alpha value is -1.79. The Labute approximate surface area is 128 Å². The maximum atomic E-state index is 12.2. The zero-order valence-electron chi connectivity index (χ0n) is 12.0. The maximum Gasteiger partial charge on any atom is 0.335 e. The molecule has 1 atom stereocenters. The van der Waals surface area contributed by atoms with Crippen LogP contribution in [0.4, 0.5) is 10.5 Å². The van der Waals surface area contributed by atoms with Gasteiger partial charge in [0.2, 0.25) is 0 Å². The van der Waals surface area contributed by atoms with Crippen LogP contribution >= 0.6 is 11.6 Å². The molecule has 1 aromatic carbocycles. The number of carboxylic acid groups (broad SMARTS) is 1. The molecule has 7 heteroatoms. The second kappa shape index (κ2) is 6.32. The zero-order valence-corrected chi connectivity index (χ0v) is 12.7. The number of carboxylic acids is 1. The van der Waals surface area contributed by atoms with Crippen LogP contribution in [0.3, 0.4) is 0 Å². The number of urea groups is 1. The first-order chi connectivity index (χ1) is 9.88. The van der Waals surface area contributed by atoms with Gasteiger partial charge in [0.15, 0.2) is 0 Å². The molecular weight excluding hydrogens is 294 g/mol. The van der Waals surface area contributed by atoms with Gasteiger partial charge in [-0.3, -0.25) is 0 Å². The van der Waals surface area contributed by atoms with Gasteiger partial charge < -0.3 is 20.2 Å². The van der Waals surface area contributed by atoms with Gasteiger partial charge in [0, 0.05) is 19.1 Å². The second-order valence-electron chi connectivity index (χ2n) is 5.28. The van der Waals surface area contributed by atoms with E-state index in [0.29, 0.717) is 24.8 Å². The van der Waals surface area contributed by atoms with Gasteiger partial charge in [-0.05, 0) is 38.7 Å². The number of carbonyl (C=O) groups is 2. The number of nitrogens with one attached hydrogen (secondary N) is 1. The van der Waals surface area contributed by atoms with Crippen molar-refractivity contribution in [2.24, 2.45) is 0 Å². The molecule has 1 heterocycles. The number of amides is 2. The lowest BCUT2D eigenvalue weighted by molar-refractivity contribution is 0.0697. The molecule has 1 aliphatic heterocycles. The molecule has 1 unspecified atom stereocenters. The fraction of sp³-hybridized carbons (Fsp3) is 0.429. The second-order valence-corrected chi connectivity index (χ2v) is 5.69. The van der Waals surface area contributed by atoms with Gasteiger partial charge in [-0.1, -0.05) is 11.6 Å². The first-order valence-electron chi connectivity index (χ1n) is 6.63. The number of rotatable bonds is 3. The summed E-state index contributed by atoms with van der Waals surface area (Å²) in [5.41, 5.74) is 0.506. The highest BCUT2D eigenvalue weighted by Crippen LogP contribution is 2.24. The lowest BCUT2D eigenvalue weighted by Gasteiger charge is -2.21. The number of likely N-dealkylation sites (tertiary alicyclic amines) is 1. The summed E-state index contributed by atoms with van der Waals surface area (Å²) in [6.45, 7) is 1.36. The highest BCUT2D eigenvalue weighted by atomic mass is 35.5. The number of likely N-dealkylation sites (N-methyl/N-ethyl adjacent to an activating group) is 1. The summed E-state index contributed by atoms with van der Waals surface area (Å²) >= 11 is 6.00. The van der Waals surface area contributed by atoms with E-state index in [9.17, 15) is 9.59 Å². The first kappa shape index (κ1) is 15.6. The number of hydrogen-bond donors (Lipinski definition) is 2. The standard InChI is InChI=1S/C14H18ClN3O3/c1-17(2)10-5-6-18(8-10)14(21)16-12-4-3-9(13(19)20)7-11(12)15/h3-4,7,10H,5-6,8H2,1-2H3,(H,16,21)(H,19,20). The van der Waals surface area contributed by atoms with Crippen LogP contribution in [0.25, 0.3) is 0 Å². The van der Waals surface area contributed by atoms with Crippen LogP contribution in [0.5, 0.6) is 0 Å². The van der Waals surface area contributed by atoms with Crippen molar-refractivity contribution in [2.75, 3.05) is 32.5 Å². The summed E-state index contributed by atoms with van der Waals surface area (Å²) in [6.07, 6.45) is 0.937. The molecule has 1 saturated heterocycles. The van der Waals surface area contributed by atoms with Crippen LogP contribution in [0.2, 0.25) is 5.02 Å². The van der Waals surface area contributed by atoms with Crippen LogP contribution in [-0.4, -0.2) is 60.1 Å². The van der Waals surface area contributed by atoms with Crippen LogP contribution in [0.15, 0.2) is 18.2 Å². The summed E-state index contributed by atoms with van der Waals surface area (Å²) in [5, 5.41) is 11.8. The molecule has 1 aliphatic rings. The molecule has 2 rings (SSSR count). The minimum Gasteiger partial charge on any atom is -0.478 e. The molecule has 21 heavy (non-hydrogen) atoms. The fourth-order valence-corrected chi connectivity index (χ4v) is 2.52. The lowest BCUT2D eigenvalue weighted by atomic mass is 10.2. The van der Waals surface area contributed by atoms with E-state index in [1.165, 1.54) is 18.2 Å². The van der Waals surface area contributed by atoms with Crippen LogP contribution < -0.4 is 5.32 Å². The number of aromatic carboxylic acids is 1. The van der Waals surface area contributed by atoms with Crippen molar-refractivity contribution < 1.29 is 14.7 Å². The summed E-state index contributed by atoms with van der Waals surface area (Å²) < 4.78 is 0. The van der Waals surface area contributed by atoms with Crippen molar-refractivity contribution >= 4 is 29.3 Å². The van der Waals surface area contributed by atoms with E-state index >= 15 is 0 Å². The fourth-order valence-electron chi connectivity index (χ4n) is 2.29. The molecule has 114 valence electrons. The third-order valence-corrected chi connectivity index (χ3v) is 3.95. The van der Waals surface area contributed by atoms with E-state index < -0.39 is 5.97 Å². The molecule has 0 aromatic heterocycles. The van der Waals surface area contributed by atoms with Crippen LogP contribution in [0.1, 0.15) is 16.8 Å². The number of hydrogen-bond acceptors (Lipinski definition) is 3. The van der Waals surface area contributed by atoms with Crippen molar-refractivity contribution in [1.29, 1.82) is 0 Å². The first-order valence-corrected chi connectivity index (χ1v) is 7.01. The average molecular weight is 312 g/mol. The zero-order chi connectivity index (χ0) is 15.6. The van der Waals surface area contributed by atoms with Crippen molar-refractivity contribution in [2.45, 2.75) is 12.5 Å². The topological polar surface area (TPSA) is 72.9 Å². The Morgan fingerprint density at radius 2 is 2.14 bits per heavy atom. The van der Waals surface area contributed by atoms with Crippen molar-refractivity contribution in [1.82, 2.24) is 9.80 Å². The molecular formula is C14H18ClN3O3. The molecule has 1 fully saturated rings. The normalized spacial score (nSPS) is 18.1. The van der Waals surface area contributed by atoms with Gasteiger partial charge in [0.1, 0.15) is 0 Å². The minimum absolute atomic E-state index is 0.0897. The van der Waals surface area contributed by atoms with Crippen LogP contribution in [-0.2, 0) is 0 Å². The highest BCUT2D eigenvalue weighted by Gasteiger charge is 2.27. The third-order valence-electron chi connectivity index (χ3n) is 3.64. The number of halogens is 1. The maximum absolute atomic E-state index is 12.2. The Morgan fingerprint density at radius 3 is 2.67 bits per heavy atom. The summed E-state index contributed by atoms with van der Waals surface area (Å²) in [7, 11) is 3.99. The van der Waals surface area contributed by atoms with E-state index in [1.807, 2.05) is 14.1 Å². The SMILES string of the molecule is CN(C)C1CCN(C(=O)Nc2ccc(C(=O)O)cc2Cl)C1. The summed E-state index contributed by atoms with van der Waals surface area (Å²) in [4.78, 5) is 26.8. The van der Waals surface area contributed by atoms with Gasteiger partial charge in [0.05, 0.1) is 16.3 Å². The number of anilines is 1. The van der Waals surface area contributed by atoms with E-state index in [1.54, 1.807) is 4.90 Å².